The Hall–Kier alpha value is -1.46. The lowest BCUT2D eigenvalue weighted by Crippen LogP contribution is -2.39. The van der Waals surface area contributed by atoms with Gasteiger partial charge in [0.1, 0.15) is 5.60 Å². The number of ether oxygens (including phenoxy) is 1. The van der Waals surface area contributed by atoms with Crippen molar-refractivity contribution in [1.82, 2.24) is 9.80 Å². The Morgan fingerprint density at radius 2 is 2.00 bits per heavy atom. The molecule has 1 aromatic rings. The van der Waals surface area contributed by atoms with E-state index in [0.717, 1.165) is 38.2 Å². The summed E-state index contributed by atoms with van der Waals surface area (Å²) in [6.07, 6.45) is 0.692. The highest BCUT2D eigenvalue weighted by molar-refractivity contribution is 6.30. The van der Waals surface area contributed by atoms with E-state index in [2.05, 4.69) is 4.90 Å². The number of amides is 1. The molecule has 5 nitrogen and oxygen atoms in total. The van der Waals surface area contributed by atoms with Crippen molar-refractivity contribution in [2.75, 3.05) is 31.9 Å². The fraction of sp³-hybridized carbons (Fsp3) is 0.588. The molecule has 2 rings (SSSR count). The lowest BCUT2D eigenvalue weighted by Gasteiger charge is -2.26. The van der Waals surface area contributed by atoms with Crippen LogP contribution >= 0.6 is 11.6 Å². The summed E-state index contributed by atoms with van der Waals surface area (Å²) in [5.41, 5.74) is 7.35. The highest BCUT2D eigenvalue weighted by atomic mass is 35.5. The maximum atomic E-state index is 12.2. The van der Waals surface area contributed by atoms with Gasteiger partial charge < -0.3 is 15.4 Å². The predicted molar refractivity (Wildman–Crippen MR) is 93.6 cm³/mol. The molecule has 0 radical (unpaired) electrons. The molecular formula is C17H26ClN3O2. The molecule has 0 bridgehead atoms. The van der Waals surface area contributed by atoms with Crippen molar-refractivity contribution in [1.29, 1.82) is 0 Å². The molecule has 0 unspecified atom stereocenters. The van der Waals surface area contributed by atoms with E-state index < -0.39 is 5.60 Å². The van der Waals surface area contributed by atoms with Gasteiger partial charge in [0.25, 0.3) is 0 Å². The van der Waals surface area contributed by atoms with Crippen molar-refractivity contribution >= 4 is 23.4 Å². The predicted octanol–water partition coefficient (Wildman–Crippen LogP) is 3.37. The standard InChI is InChI=1S/C17H26ClN3O2/c1-17(2,3)23-16(22)21-8-4-7-20(9-10-21)12-13-5-6-14(18)11-15(13)19/h5-6,11H,4,7-10,12,19H2,1-3H3. The number of anilines is 1. The molecule has 1 saturated heterocycles. The second-order valence-corrected chi connectivity index (χ2v) is 7.38. The summed E-state index contributed by atoms with van der Waals surface area (Å²) in [4.78, 5) is 16.3. The molecule has 1 amide bonds. The van der Waals surface area contributed by atoms with Crippen LogP contribution in [-0.4, -0.2) is 47.7 Å². The van der Waals surface area contributed by atoms with Crippen molar-refractivity contribution in [3.05, 3.63) is 28.8 Å². The minimum Gasteiger partial charge on any atom is -0.444 e. The third-order valence-corrected chi connectivity index (χ3v) is 3.98. The van der Waals surface area contributed by atoms with Crippen molar-refractivity contribution in [2.24, 2.45) is 0 Å². The Morgan fingerprint density at radius 1 is 1.26 bits per heavy atom. The molecule has 128 valence electrons. The van der Waals surface area contributed by atoms with Gasteiger partial charge in [-0.2, -0.15) is 0 Å². The summed E-state index contributed by atoms with van der Waals surface area (Å²) in [6, 6.07) is 5.61. The van der Waals surface area contributed by atoms with E-state index in [1.807, 2.05) is 32.9 Å². The number of halogens is 1. The van der Waals surface area contributed by atoms with E-state index in [-0.39, 0.29) is 6.09 Å². The molecule has 0 spiro atoms. The Balaban J connectivity index is 1.92. The fourth-order valence-electron chi connectivity index (χ4n) is 2.59. The van der Waals surface area contributed by atoms with Crippen molar-refractivity contribution in [3.63, 3.8) is 0 Å². The highest BCUT2D eigenvalue weighted by Crippen LogP contribution is 2.20. The van der Waals surface area contributed by atoms with Gasteiger partial charge in [-0.3, -0.25) is 4.90 Å². The van der Waals surface area contributed by atoms with Crippen LogP contribution in [0.1, 0.15) is 32.8 Å². The van der Waals surface area contributed by atoms with E-state index in [1.165, 1.54) is 0 Å². The van der Waals surface area contributed by atoms with E-state index in [4.69, 9.17) is 22.1 Å². The summed E-state index contributed by atoms with van der Waals surface area (Å²) in [7, 11) is 0. The number of rotatable bonds is 2. The highest BCUT2D eigenvalue weighted by Gasteiger charge is 2.24. The number of nitrogens with zero attached hydrogens (tertiary/aromatic N) is 2. The Labute approximate surface area is 143 Å². The van der Waals surface area contributed by atoms with Crippen LogP contribution in [0.15, 0.2) is 18.2 Å². The summed E-state index contributed by atoms with van der Waals surface area (Å²) < 4.78 is 5.45. The number of hydrogen-bond acceptors (Lipinski definition) is 4. The van der Waals surface area contributed by atoms with Gasteiger partial charge in [-0.05, 0) is 44.9 Å². The second-order valence-electron chi connectivity index (χ2n) is 6.94. The Bertz CT molecular complexity index is 557. The Morgan fingerprint density at radius 3 is 2.65 bits per heavy atom. The van der Waals surface area contributed by atoms with E-state index in [0.29, 0.717) is 17.3 Å². The molecule has 6 heteroatoms. The smallest absolute Gasteiger partial charge is 0.410 e. The first-order valence-electron chi connectivity index (χ1n) is 7.99. The van der Waals surface area contributed by atoms with Gasteiger partial charge in [-0.25, -0.2) is 4.79 Å². The molecule has 1 aliphatic rings. The number of carbonyl (C=O) groups is 1. The first kappa shape index (κ1) is 17.9. The monoisotopic (exact) mass is 339 g/mol. The maximum absolute atomic E-state index is 12.2. The van der Waals surface area contributed by atoms with Crippen LogP contribution in [-0.2, 0) is 11.3 Å². The van der Waals surface area contributed by atoms with Crippen molar-refractivity contribution < 1.29 is 9.53 Å². The zero-order valence-corrected chi connectivity index (χ0v) is 14.9. The summed E-state index contributed by atoms with van der Waals surface area (Å²) >= 11 is 5.94. The van der Waals surface area contributed by atoms with Gasteiger partial charge in [0.05, 0.1) is 0 Å². The molecule has 0 saturated carbocycles. The molecule has 2 N–H and O–H groups in total. The minimum atomic E-state index is -0.458. The third kappa shape index (κ3) is 5.59. The number of nitrogens with two attached hydrogens (primary N) is 1. The molecular weight excluding hydrogens is 314 g/mol. The van der Waals surface area contributed by atoms with Crippen LogP contribution in [0, 0.1) is 0 Å². The lowest BCUT2D eigenvalue weighted by molar-refractivity contribution is 0.0257. The molecule has 0 aliphatic carbocycles. The van der Waals surface area contributed by atoms with Gasteiger partial charge >= 0.3 is 6.09 Å². The summed E-state index contributed by atoms with van der Waals surface area (Å²) in [6.45, 7) is 9.56. The molecule has 0 aromatic heterocycles. The molecule has 0 atom stereocenters. The van der Waals surface area contributed by atoms with Gasteiger partial charge in [-0.1, -0.05) is 17.7 Å². The average molecular weight is 340 g/mol. The van der Waals surface area contributed by atoms with Gasteiger partial charge in [0.2, 0.25) is 0 Å². The van der Waals surface area contributed by atoms with Crippen LogP contribution in [0.3, 0.4) is 0 Å². The van der Waals surface area contributed by atoms with E-state index in [9.17, 15) is 4.79 Å². The minimum absolute atomic E-state index is 0.231. The van der Waals surface area contributed by atoms with Crippen LogP contribution in [0.5, 0.6) is 0 Å². The molecule has 23 heavy (non-hydrogen) atoms. The van der Waals surface area contributed by atoms with Crippen LogP contribution in [0.4, 0.5) is 10.5 Å². The van der Waals surface area contributed by atoms with E-state index in [1.54, 1.807) is 11.0 Å². The SMILES string of the molecule is CC(C)(C)OC(=O)N1CCCN(Cc2ccc(Cl)cc2N)CC1. The lowest BCUT2D eigenvalue weighted by atomic mass is 10.1. The second kappa shape index (κ2) is 7.41. The fourth-order valence-corrected chi connectivity index (χ4v) is 2.77. The Kier molecular flexibility index (Phi) is 5.76. The summed E-state index contributed by atoms with van der Waals surface area (Å²) in [5, 5.41) is 0.651. The normalized spacial score (nSPS) is 17.0. The number of hydrogen-bond donors (Lipinski definition) is 1. The third-order valence-electron chi connectivity index (χ3n) is 3.74. The van der Waals surface area contributed by atoms with Crippen LogP contribution in [0.25, 0.3) is 0 Å². The van der Waals surface area contributed by atoms with Crippen LogP contribution < -0.4 is 5.73 Å². The van der Waals surface area contributed by atoms with Gasteiger partial charge in [0, 0.05) is 43.4 Å². The van der Waals surface area contributed by atoms with Gasteiger partial charge in [0.15, 0.2) is 0 Å². The molecule has 1 aromatic carbocycles. The molecule has 1 aliphatic heterocycles. The van der Waals surface area contributed by atoms with Gasteiger partial charge in [-0.15, -0.1) is 0 Å². The maximum Gasteiger partial charge on any atom is 0.410 e. The number of carbonyl (C=O) groups excluding carboxylic acids is 1. The first-order chi connectivity index (χ1) is 10.7. The largest absolute Gasteiger partial charge is 0.444 e. The van der Waals surface area contributed by atoms with Crippen LogP contribution in [0.2, 0.25) is 5.02 Å². The zero-order valence-electron chi connectivity index (χ0n) is 14.1. The summed E-state index contributed by atoms with van der Waals surface area (Å²) in [5.74, 6) is 0. The topological polar surface area (TPSA) is 58.8 Å². The number of nitrogen functional groups attached to an aromatic ring is 1. The molecule has 1 heterocycles. The van der Waals surface area contributed by atoms with Crippen molar-refractivity contribution in [2.45, 2.75) is 39.3 Å². The average Bonchev–Trinajstić information content (AvgIpc) is 2.66. The zero-order chi connectivity index (χ0) is 17.0. The van der Waals surface area contributed by atoms with E-state index >= 15 is 0 Å². The van der Waals surface area contributed by atoms with Crippen molar-refractivity contribution in [3.8, 4) is 0 Å². The quantitative estimate of drug-likeness (QED) is 0.839. The first-order valence-corrected chi connectivity index (χ1v) is 8.36. The number of benzene rings is 1. The molecule has 1 fully saturated rings.